The molecule has 3 heteroatoms. The van der Waals surface area contributed by atoms with E-state index in [0.717, 1.165) is 25.1 Å². The highest BCUT2D eigenvalue weighted by molar-refractivity contribution is 5.32. The third-order valence-corrected chi connectivity index (χ3v) is 3.72. The lowest BCUT2D eigenvalue weighted by Crippen LogP contribution is -2.40. The second kappa shape index (κ2) is 6.76. The van der Waals surface area contributed by atoms with Crippen LogP contribution in [-0.2, 0) is 0 Å². The molecule has 1 aromatic rings. The predicted octanol–water partition coefficient (Wildman–Crippen LogP) is 2.30. The van der Waals surface area contributed by atoms with Crippen molar-refractivity contribution >= 4 is 0 Å². The molecule has 18 heavy (non-hydrogen) atoms. The van der Waals surface area contributed by atoms with E-state index in [1.165, 1.54) is 18.4 Å². The van der Waals surface area contributed by atoms with Gasteiger partial charge < -0.3 is 15.2 Å². The van der Waals surface area contributed by atoms with Crippen molar-refractivity contribution in [3.63, 3.8) is 0 Å². The summed E-state index contributed by atoms with van der Waals surface area (Å²) in [7, 11) is 1.71. The number of hydrogen-bond acceptors (Lipinski definition) is 3. The monoisotopic (exact) mass is 249 g/mol. The summed E-state index contributed by atoms with van der Waals surface area (Å²) in [5.41, 5.74) is 1.39. The van der Waals surface area contributed by atoms with Gasteiger partial charge in [0.05, 0.1) is 7.11 Å². The average molecular weight is 249 g/mol. The molecule has 0 spiro atoms. The molecule has 0 radical (unpaired) electrons. The Morgan fingerprint density at radius 3 is 2.89 bits per heavy atom. The van der Waals surface area contributed by atoms with Gasteiger partial charge in [-0.25, -0.2) is 0 Å². The van der Waals surface area contributed by atoms with Gasteiger partial charge in [0, 0.05) is 12.6 Å². The number of ether oxygens (including phenoxy) is 1. The Balaban J connectivity index is 1.71. The highest BCUT2D eigenvalue weighted by Crippen LogP contribution is 2.37. The summed E-state index contributed by atoms with van der Waals surface area (Å²) in [5, 5.41) is 12.2. The Hall–Kier alpha value is -1.06. The van der Waals surface area contributed by atoms with E-state index in [9.17, 15) is 0 Å². The fourth-order valence-corrected chi connectivity index (χ4v) is 2.50. The summed E-state index contributed by atoms with van der Waals surface area (Å²) in [5.74, 6) is 1.63. The van der Waals surface area contributed by atoms with E-state index in [0.29, 0.717) is 18.6 Å². The number of methoxy groups -OCH3 is 1. The van der Waals surface area contributed by atoms with Gasteiger partial charge in [0.2, 0.25) is 0 Å². The van der Waals surface area contributed by atoms with Gasteiger partial charge in [-0.2, -0.15) is 0 Å². The normalized spacial score (nSPS) is 22.6. The topological polar surface area (TPSA) is 41.5 Å². The zero-order chi connectivity index (χ0) is 12.8. The summed E-state index contributed by atoms with van der Waals surface area (Å²) in [6.07, 6.45) is 4.40. The molecular weight excluding hydrogens is 226 g/mol. The van der Waals surface area contributed by atoms with Gasteiger partial charge in [0.25, 0.3) is 0 Å². The maximum Gasteiger partial charge on any atom is 0.119 e. The minimum Gasteiger partial charge on any atom is -0.497 e. The van der Waals surface area contributed by atoms with Gasteiger partial charge in [-0.15, -0.1) is 0 Å². The Morgan fingerprint density at radius 1 is 1.33 bits per heavy atom. The van der Waals surface area contributed by atoms with E-state index in [1.54, 1.807) is 7.11 Å². The minimum atomic E-state index is 0.304. The second-order valence-corrected chi connectivity index (χ2v) is 5.03. The van der Waals surface area contributed by atoms with Gasteiger partial charge in [0.15, 0.2) is 0 Å². The summed E-state index contributed by atoms with van der Waals surface area (Å²) >= 11 is 0. The SMILES string of the molecule is COc1cccc(C2CC(NCCCCO)C2)c1. The van der Waals surface area contributed by atoms with Crippen LogP contribution in [0.1, 0.15) is 37.2 Å². The Bertz CT molecular complexity index is 361. The molecule has 1 aromatic carbocycles. The van der Waals surface area contributed by atoms with Crippen LogP contribution in [0.5, 0.6) is 5.75 Å². The van der Waals surface area contributed by atoms with Crippen LogP contribution in [0.25, 0.3) is 0 Å². The van der Waals surface area contributed by atoms with Gasteiger partial charge >= 0.3 is 0 Å². The standard InChI is InChI=1S/C15H23NO2/c1-18-15-6-4-5-12(11-15)13-9-14(10-13)16-7-2-3-8-17/h4-6,11,13-14,16-17H,2-3,7-10H2,1H3. The minimum absolute atomic E-state index is 0.304. The highest BCUT2D eigenvalue weighted by Gasteiger charge is 2.29. The number of aliphatic hydroxyl groups is 1. The van der Waals surface area contributed by atoms with E-state index in [4.69, 9.17) is 9.84 Å². The van der Waals surface area contributed by atoms with Gasteiger partial charge in [-0.1, -0.05) is 12.1 Å². The molecular formula is C15H23NO2. The number of benzene rings is 1. The summed E-state index contributed by atoms with van der Waals surface area (Å²) in [4.78, 5) is 0. The molecule has 1 aliphatic rings. The molecule has 100 valence electrons. The molecule has 1 aliphatic carbocycles. The largest absolute Gasteiger partial charge is 0.497 e. The Morgan fingerprint density at radius 2 is 2.17 bits per heavy atom. The third-order valence-electron chi connectivity index (χ3n) is 3.72. The van der Waals surface area contributed by atoms with Crippen molar-refractivity contribution < 1.29 is 9.84 Å². The Kier molecular flexibility index (Phi) is 5.02. The van der Waals surface area contributed by atoms with E-state index in [1.807, 2.05) is 6.07 Å². The summed E-state index contributed by atoms with van der Waals surface area (Å²) in [6.45, 7) is 1.33. The van der Waals surface area contributed by atoms with Gasteiger partial charge in [-0.3, -0.25) is 0 Å². The van der Waals surface area contributed by atoms with Crippen molar-refractivity contribution in [2.45, 2.75) is 37.6 Å². The molecule has 0 bridgehead atoms. The van der Waals surface area contributed by atoms with E-state index >= 15 is 0 Å². The van der Waals surface area contributed by atoms with E-state index in [2.05, 4.69) is 23.5 Å². The first-order chi connectivity index (χ1) is 8.83. The fraction of sp³-hybridized carbons (Fsp3) is 0.600. The van der Waals surface area contributed by atoms with Crippen molar-refractivity contribution in [1.82, 2.24) is 5.32 Å². The lowest BCUT2D eigenvalue weighted by atomic mass is 9.76. The summed E-state index contributed by atoms with van der Waals surface area (Å²) < 4.78 is 5.25. The Labute approximate surface area is 109 Å². The number of aliphatic hydroxyl groups excluding tert-OH is 1. The van der Waals surface area contributed by atoms with Gasteiger partial charge in [0.1, 0.15) is 5.75 Å². The lowest BCUT2D eigenvalue weighted by Gasteiger charge is -2.36. The smallest absolute Gasteiger partial charge is 0.119 e. The second-order valence-electron chi connectivity index (χ2n) is 5.03. The highest BCUT2D eigenvalue weighted by atomic mass is 16.5. The van der Waals surface area contributed by atoms with E-state index in [-0.39, 0.29) is 0 Å². The third kappa shape index (κ3) is 3.47. The van der Waals surface area contributed by atoms with Crippen LogP contribution in [-0.4, -0.2) is 31.4 Å². The zero-order valence-electron chi connectivity index (χ0n) is 11.1. The molecule has 0 unspecified atom stereocenters. The average Bonchev–Trinajstić information content (AvgIpc) is 2.36. The predicted molar refractivity (Wildman–Crippen MR) is 73.1 cm³/mol. The lowest BCUT2D eigenvalue weighted by molar-refractivity contribution is 0.267. The molecule has 2 N–H and O–H groups in total. The number of unbranched alkanes of at least 4 members (excludes halogenated alkanes) is 1. The number of hydrogen-bond donors (Lipinski definition) is 2. The molecule has 2 rings (SSSR count). The van der Waals surface area contributed by atoms with Crippen LogP contribution in [0.4, 0.5) is 0 Å². The van der Waals surface area contributed by atoms with Crippen LogP contribution in [0.15, 0.2) is 24.3 Å². The number of nitrogens with one attached hydrogen (secondary N) is 1. The molecule has 0 heterocycles. The van der Waals surface area contributed by atoms with Crippen molar-refractivity contribution in [2.75, 3.05) is 20.3 Å². The quantitative estimate of drug-likeness (QED) is 0.729. The first-order valence-electron chi connectivity index (χ1n) is 6.81. The molecule has 0 aromatic heterocycles. The molecule has 1 fully saturated rings. The molecule has 0 saturated heterocycles. The number of rotatable bonds is 7. The van der Waals surface area contributed by atoms with Crippen LogP contribution >= 0.6 is 0 Å². The van der Waals surface area contributed by atoms with Crippen molar-refractivity contribution in [1.29, 1.82) is 0 Å². The molecule has 0 amide bonds. The van der Waals surface area contributed by atoms with Gasteiger partial charge in [-0.05, 0) is 55.8 Å². The zero-order valence-corrected chi connectivity index (χ0v) is 11.1. The first kappa shape index (κ1) is 13.4. The van der Waals surface area contributed by atoms with Crippen molar-refractivity contribution in [2.24, 2.45) is 0 Å². The van der Waals surface area contributed by atoms with Crippen LogP contribution < -0.4 is 10.1 Å². The van der Waals surface area contributed by atoms with Crippen LogP contribution in [0.2, 0.25) is 0 Å². The van der Waals surface area contributed by atoms with E-state index < -0.39 is 0 Å². The van der Waals surface area contributed by atoms with Crippen molar-refractivity contribution in [3.8, 4) is 5.75 Å². The fourth-order valence-electron chi connectivity index (χ4n) is 2.50. The molecule has 1 saturated carbocycles. The first-order valence-corrected chi connectivity index (χ1v) is 6.81. The maximum atomic E-state index is 8.70. The molecule has 3 nitrogen and oxygen atoms in total. The molecule has 0 atom stereocenters. The van der Waals surface area contributed by atoms with Crippen LogP contribution in [0.3, 0.4) is 0 Å². The van der Waals surface area contributed by atoms with Crippen LogP contribution in [0, 0.1) is 0 Å². The maximum absolute atomic E-state index is 8.70. The van der Waals surface area contributed by atoms with Crippen molar-refractivity contribution in [3.05, 3.63) is 29.8 Å². The summed E-state index contributed by atoms with van der Waals surface area (Å²) in [6, 6.07) is 9.05. The molecule has 0 aliphatic heterocycles.